The lowest BCUT2D eigenvalue weighted by molar-refractivity contribution is -0.111. The fraction of sp³-hybridized carbons (Fsp3) is 0.667. The average Bonchev–Trinajstić information content (AvgIpc) is 3.16. The van der Waals surface area contributed by atoms with E-state index >= 15 is 0 Å². The van der Waals surface area contributed by atoms with E-state index in [-0.39, 0.29) is 11.6 Å². The van der Waals surface area contributed by atoms with Crippen molar-refractivity contribution in [3.8, 4) is 0 Å². The fourth-order valence-corrected chi connectivity index (χ4v) is 7.80. The van der Waals surface area contributed by atoms with Gasteiger partial charge in [0.05, 0.1) is 30.5 Å². The Kier molecular flexibility index (Phi) is 4.29. The lowest BCUT2D eigenvalue weighted by Crippen LogP contribution is -2.56. The SMILES string of the molecule is CCC12C3OCC(CC4=CCCC=C4)C(C)N([CH-]N4C5C6=CC=CCC6CC5OC41)C32. The van der Waals surface area contributed by atoms with Crippen LogP contribution in [0.4, 0.5) is 0 Å². The average molecular weight is 420 g/mol. The number of nitrogens with zero attached hydrogens (tertiary/aromatic N) is 2. The van der Waals surface area contributed by atoms with Crippen LogP contribution in [0, 0.1) is 23.9 Å². The summed E-state index contributed by atoms with van der Waals surface area (Å²) in [5.74, 6) is 1.21. The summed E-state index contributed by atoms with van der Waals surface area (Å²) >= 11 is 0. The van der Waals surface area contributed by atoms with Gasteiger partial charge in [0.15, 0.2) is 0 Å². The highest BCUT2D eigenvalue weighted by molar-refractivity contribution is 5.37. The number of hydrogen-bond donors (Lipinski definition) is 0. The molecular weight excluding hydrogens is 384 g/mol. The van der Waals surface area contributed by atoms with Crippen LogP contribution in [0.25, 0.3) is 0 Å². The number of hydrogen-bond acceptors (Lipinski definition) is 4. The minimum Gasteiger partial charge on any atom is -0.434 e. The highest BCUT2D eigenvalue weighted by Gasteiger charge is 2.75. The number of rotatable bonds is 3. The number of ether oxygens (including phenoxy) is 2. The molecule has 0 radical (unpaired) electrons. The first-order chi connectivity index (χ1) is 15.2. The highest BCUT2D eigenvalue weighted by atomic mass is 16.5. The van der Waals surface area contributed by atoms with Gasteiger partial charge in [0.1, 0.15) is 0 Å². The van der Waals surface area contributed by atoms with Gasteiger partial charge in [0.2, 0.25) is 0 Å². The molecule has 9 atom stereocenters. The van der Waals surface area contributed by atoms with Crippen LogP contribution in [0.3, 0.4) is 0 Å². The summed E-state index contributed by atoms with van der Waals surface area (Å²) in [5, 5.41) is 0. The molecule has 4 heteroatoms. The predicted molar refractivity (Wildman–Crippen MR) is 121 cm³/mol. The van der Waals surface area contributed by atoms with E-state index in [0.717, 1.165) is 19.4 Å². The predicted octanol–water partition coefficient (Wildman–Crippen LogP) is 4.57. The van der Waals surface area contributed by atoms with E-state index in [9.17, 15) is 0 Å². The molecule has 7 aliphatic rings. The Hall–Kier alpha value is -1.20. The van der Waals surface area contributed by atoms with Gasteiger partial charge in [-0.05, 0) is 62.0 Å². The molecule has 3 heterocycles. The third-order valence-electron chi connectivity index (χ3n) is 9.55. The van der Waals surface area contributed by atoms with Gasteiger partial charge in [-0.25, -0.2) is 0 Å². The summed E-state index contributed by atoms with van der Waals surface area (Å²) in [4.78, 5) is 5.32. The Morgan fingerprint density at radius 3 is 3.00 bits per heavy atom. The van der Waals surface area contributed by atoms with Crippen LogP contribution in [0.1, 0.15) is 52.4 Å². The molecule has 0 bridgehead atoms. The third-order valence-corrected chi connectivity index (χ3v) is 9.55. The monoisotopic (exact) mass is 419 g/mol. The Bertz CT molecular complexity index is 890. The second kappa shape index (κ2) is 6.90. The van der Waals surface area contributed by atoms with Crippen LogP contribution >= 0.6 is 0 Å². The van der Waals surface area contributed by atoms with Gasteiger partial charge in [-0.3, -0.25) is 0 Å². The van der Waals surface area contributed by atoms with Crippen LogP contribution in [-0.2, 0) is 9.47 Å². The standard InChI is InChI=1S/C27H35N2O2/c1-3-27-24-25(27)30-15-20(13-18-9-5-4-6-10-18)17(2)28(24)16-29-23-21-12-8-7-11-19(21)14-22(23)31-26(27)29/h5,7-10,12,16-17,19-20,22-26H,3-4,6,11,13-15H2,1-2H3/q-1. The summed E-state index contributed by atoms with van der Waals surface area (Å²) in [6, 6.07) is 1.38. The molecule has 3 saturated heterocycles. The Morgan fingerprint density at radius 2 is 2.16 bits per heavy atom. The summed E-state index contributed by atoms with van der Waals surface area (Å²) in [6.07, 6.45) is 21.9. The fourth-order valence-electron chi connectivity index (χ4n) is 7.80. The van der Waals surface area contributed by atoms with Crippen LogP contribution in [0.2, 0.25) is 0 Å². The molecule has 0 aromatic rings. The molecular formula is C27H35N2O2-. The van der Waals surface area contributed by atoms with E-state index in [1.807, 2.05) is 0 Å². The zero-order chi connectivity index (χ0) is 20.7. The van der Waals surface area contributed by atoms with Gasteiger partial charge in [0, 0.05) is 12.1 Å². The molecule has 31 heavy (non-hydrogen) atoms. The lowest BCUT2D eigenvalue weighted by Gasteiger charge is -2.56. The van der Waals surface area contributed by atoms with Crippen LogP contribution in [0.5, 0.6) is 0 Å². The highest BCUT2D eigenvalue weighted by Crippen LogP contribution is 2.66. The molecule has 166 valence electrons. The van der Waals surface area contributed by atoms with Crippen molar-refractivity contribution in [1.29, 1.82) is 0 Å². The molecule has 4 aliphatic carbocycles. The Labute approximate surface area is 186 Å². The smallest absolute Gasteiger partial charge is 0.0951 e. The van der Waals surface area contributed by atoms with Gasteiger partial charge in [0.25, 0.3) is 0 Å². The van der Waals surface area contributed by atoms with Gasteiger partial charge in [-0.15, -0.1) is 0 Å². The zero-order valence-electron chi connectivity index (χ0n) is 18.8. The van der Waals surface area contributed by atoms with Crippen molar-refractivity contribution in [1.82, 2.24) is 9.80 Å². The van der Waals surface area contributed by atoms with E-state index in [1.54, 1.807) is 5.57 Å². The largest absolute Gasteiger partial charge is 0.434 e. The van der Waals surface area contributed by atoms with E-state index in [0.29, 0.717) is 42.2 Å². The topological polar surface area (TPSA) is 24.9 Å². The molecule has 7 rings (SSSR count). The van der Waals surface area contributed by atoms with E-state index in [1.165, 1.54) is 31.3 Å². The quantitative estimate of drug-likeness (QED) is 0.626. The van der Waals surface area contributed by atoms with Crippen LogP contribution in [-0.4, -0.2) is 53.0 Å². The van der Waals surface area contributed by atoms with Crippen molar-refractivity contribution >= 4 is 0 Å². The first kappa shape index (κ1) is 19.3. The van der Waals surface area contributed by atoms with Crippen molar-refractivity contribution in [3.63, 3.8) is 0 Å². The molecule has 0 amide bonds. The maximum atomic E-state index is 6.86. The van der Waals surface area contributed by atoms with Gasteiger partial charge < -0.3 is 19.3 Å². The first-order valence-electron chi connectivity index (χ1n) is 12.6. The Morgan fingerprint density at radius 1 is 1.23 bits per heavy atom. The molecule has 0 N–H and O–H groups in total. The molecule has 0 spiro atoms. The van der Waals surface area contributed by atoms with Crippen LogP contribution < -0.4 is 0 Å². The molecule has 3 aliphatic heterocycles. The minimum atomic E-state index is 0.128. The molecule has 2 saturated carbocycles. The summed E-state index contributed by atoms with van der Waals surface area (Å²) < 4.78 is 13.6. The molecule has 5 fully saturated rings. The maximum Gasteiger partial charge on any atom is 0.0951 e. The lowest BCUT2D eigenvalue weighted by atomic mass is 9.88. The van der Waals surface area contributed by atoms with Crippen molar-refractivity contribution < 1.29 is 9.47 Å². The maximum absolute atomic E-state index is 6.86. The summed E-state index contributed by atoms with van der Waals surface area (Å²) in [7, 11) is 0. The normalized spacial score (nSPS) is 50.1. The third kappa shape index (κ3) is 2.57. The second-order valence-electron chi connectivity index (χ2n) is 10.9. The number of allylic oxidation sites excluding steroid dienone is 7. The molecule has 0 aromatic heterocycles. The Balaban J connectivity index is 1.20. The molecule has 9 unspecified atom stereocenters. The van der Waals surface area contributed by atoms with Crippen molar-refractivity contribution in [2.24, 2.45) is 17.3 Å². The van der Waals surface area contributed by atoms with Crippen molar-refractivity contribution in [2.75, 3.05) is 6.61 Å². The van der Waals surface area contributed by atoms with Crippen LogP contribution in [0.15, 0.2) is 47.6 Å². The molecule has 4 nitrogen and oxygen atoms in total. The second-order valence-corrected chi connectivity index (χ2v) is 10.9. The summed E-state index contributed by atoms with van der Waals surface area (Å²) in [6.45, 7) is 8.14. The van der Waals surface area contributed by atoms with E-state index < -0.39 is 0 Å². The van der Waals surface area contributed by atoms with Crippen molar-refractivity contribution in [2.45, 2.75) is 88.9 Å². The van der Waals surface area contributed by atoms with Crippen molar-refractivity contribution in [3.05, 3.63) is 54.3 Å². The van der Waals surface area contributed by atoms with Gasteiger partial charge in [-0.2, -0.15) is 6.67 Å². The first-order valence-corrected chi connectivity index (χ1v) is 12.6. The van der Waals surface area contributed by atoms with Gasteiger partial charge in [-0.1, -0.05) is 55.9 Å². The zero-order valence-corrected chi connectivity index (χ0v) is 18.8. The number of fused-ring (bicyclic) bond motifs is 7. The summed E-state index contributed by atoms with van der Waals surface area (Å²) in [5.41, 5.74) is 3.23. The molecule has 0 aromatic carbocycles. The van der Waals surface area contributed by atoms with Gasteiger partial charge >= 0.3 is 0 Å². The minimum absolute atomic E-state index is 0.128. The van der Waals surface area contributed by atoms with E-state index in [4.69, 9.17) is 9.47 Å². The van der Waals surface area contributed by atoms with E-state index in [2.05, 4.69) is 66.8 Å².